The van der Waals surface area contributed by atoms with E-state index in [1.165, 1.54) is 17.4 Å². The van der Waals surface area contributed by atoms with E-state index in [1.807, 2.05) is 42.9 Å². The Morgan fingerprint density at radius 1 is 1.42 bits per heavy atom. The van der Waals surface area contributed by atoms with Crippen LogP contribution in [-0.2, 0) is 11.8 Å². The summed E-state index contributed by atoms with van der Waals surface area (Å²) >= 11 is 1.42. The van der Waals surface area contributed by atoms with Crippen molar-refractivity contribution in [1.29, 1.82) is 0 Å². The molecule has 1 aromatic heterocycles. The molecule has 0 unspecified atom stereocenters. The number of aryl methyl sites for hydroxylation is 1. The Hall–Kier alpha value is -2.14. The largest absolute Gasteiger partial charge is 0.496 e. The first kappa shape index (κ1) is 13.3. The van der Waals surface area contributed by atoms with Gasteiger partial charge < -0.3 is 9.30 Å². The summed E-state index contributed by atoms with van der Waals surface area (Å²) in [6.07, 6.45) is 5.01. The molecule has 4 nitrogen and oxygen atoms in total. The first-order valence-corrected chi connectivity index (χ1v) is 6.58. The van der Waals surface area contributed by atoms with Crippen LogP contribution in [0.1, 0.15) is 5.56 Å². The molecular weight excluding hydrogens is 260 g/mol. The third-order valence-corrected chi connectivity index (χ3v) is 3.36. The van der Waals surface area contributed by atoms with Crippen molar-refractivity contribution < 1.29 is 9.53 Å². The summed E-state index contributed by atoms with van der Waals surface area (Å²) in [4.78, 5) is 16.4. The third kappa shape index (κ3) is 3.42. The zero-order valence-corrected chi connectivity index (χ0v) is 11.6. The summed E-state index contributed by atoms with van der Waals surface area (Å²) in [6, 6.07) is 7.51. The van der Waals surface area contributed by atoms with Gasteiger partial charge in [0.1, 0.15) is 5.75 Å². The lowest BCUT2D eigenvalue weighted by atomic mass is 10.2. The van der Waals surface area contributed by atoms with Crippen LogP contribution in [0.25, 0.3) is 6.08 Å². The Labute approximate surface area is 115 Å². The Morgan fingerprint density at radius 2 is 2.21 bits per heavy atom. The molecule has 19 heavy (non-hydrogen) atoms. The van der Waals surface area contributed by atoms with Gasteiger partial charge in [-0.2, -0.15) is 4.99 Å². The molecule has 0 N–H and O–H groups in total. The van der Waals surface area contributed by atoms with Gasteiger partial charge in [0, 0.05) is 30.3 Å². The number of thiazole rings is 1. The van der Waals surface area contributed by atoms with Crippen LogP contribution in [0.3, 0.4) is 0 Å². The summed E-state index contributed by atoms with van der Waals surface area (Å²) in [6.45, 7) is 0. The number of amides is 1. The molecule has 1 heterocycles. The van der Waals surface area contributed by atoms with Gasteiger partial charge in [-0.1, -0.05) is 18.2 Å². The summed E-state index contributed by atoms with van der Waals surface area (Å²) in [5.74, 6) is 0.442. The van der Waals surface area contributed by atoms with E-state index >= 15 is 0 Å². The fraction of sp³-hybridized carbons (Fsp3) is 0.143. The number of methoxy groups -OCH3 is 1. The van der Waals surface area contributed by atoms with Gasteiger partial charge in [0.2, 0.25) is 0 Å². The van der Waals surface area contributed by atoms with Gasteiger partial charge in [0.05, 0.1) is 7.11 Å². The van der Waals surface area contributed by atoms with Gasteiger partial charge in [-0.05, 0) is 12.1 Å². The van der Waals surface area contributed by atoms with E-state index in [9.17, 15) is 4.79 Å². The van der Waals surface area contributed by atoms with Gasteiger partial charge in [-0.15, -0.1) is 11.3 Å². The second kappa shape index (κ2) is 6.15. The molecular formula is C14H14N2O2S. The predicted molar refractivity (Wildman–Crippen MR) is 75.9 cm³/mol. The molecule has 5 heteroatoms. The molecule has 98 valence electrons. The maximum Gasteiger partial charge on any atom is 0.272 e. The van der Waals surface area contributed by atoms with E-state index < -0.39 is 0 Å². The number of hydrogen-bond donors (Lipinski definition) is 0. The minimum absolute atomic E-state index is 0.288. The smallest absolute Gasteiger partial charge is 0.272 e. The molecule has 2 aromatic rings. The number of aromatic nitrogens is 1. The van der Waals surface area contributed by atoms with Crippen LogP contribution in [0.5, 0.6) is 5.75 Å². The molecule has 2 rings (SSSR count). The maximum atomic E-state index is 11.7. The Balaban J connectivity index is 2.20. The second-order valence-electron chi connectivity index (χ2n) is 3.82. The Kier molecular flexibility index (Phi) is 4.30. The van der Waals surface area contributed by atoms with E-state index in [1.54, 1.807) is 17.8 Å². The molecule has 0 saturated carbocycles. The minimum Gasteiger partial charge on any atom is -0.496 e. The van der Waals surface area contributed by atoms with Crippen LogP contribution in [0.2, 0.25) is 0 Å². The molecule has 0 atom stereocenters. The van der Waals surface area contributed by atoms with Crippen molar-refractivity contribution >= 4 is 23.3 Å². The number of hydrogen-bond acceptors (Lipinski definition) is 3. The quantitative estimate of drug-likeness (QED) is 0.806. The lowest BCUT2D eigenvalue weighted by molar-refractivity contribution is -0.113. The maximum absolute atomic E-state index is 11.7. The molecule has 1 amide bonds. The van der Waals surface area contributed by atoms with E-state index in [0.717, 1.165) is 11.3 Å². The van der Waals surface area contributed by atoms with E-state index in [2.05, 4.69) is 4.99 Å². The van der Waals surface area contributed by atoms with Crippen molar-refractivity contribution in [2.45, 2.75) is 0 Å². The number of nitrogens with zero attached hydrogens (tertiary/aromatic N) is 2. The fourth-order valence-electron chi connectivity index (χ4n) is 1.53. The van der Waals surface area contributed by atoms with Gasteiger partial charge in [0.25, 0.3) is 5.91 Å². The average Bonchev–Trinajstić information content (AvgIpc) is 2.82. The van der Waals surface area contributed by atoms with Crippen molar-refractivity contribution in [3.05, 3.63) is 52.3 Å². The number of para-hydroxylation sites is 1. The van der Waals surface area contributed by atoms with Crippen LogP contribution < -0.4 is 9.54 Å². The molecule has 0 radical (unpaired) electrons. The molecule has 0 fully saturated rings. The fourth-order valence-corrected chi connectivity index (χ4v) is 2.27. The molecule has 0 aliphatic carbocycles. The zero-order valence-electron chi connectivity index (χ0n) is 10.7. The van der Waals surface area contributed by atoms with Crippen LogP contribution in [0, 0.1) is 0 Å². The van der Waals surface area contributed by atoms with Gasteiger partial charge in [-0.3, -0.25) is 4.79 Å². The van der Waals surface area contributed by atoms with E-state index in [0.29, 0.717) is 4.80 Å². The Bertz CT molecular complexity index is 668. The van der Waals surface area contributed by atoms with E-state index in [-0.39, 0.29) is 5.91 Å². The Morgan fingerprint density at radius 3 is 2.89 bits per heavy atom. The summed E-state index contributed by atoms with van der Waals surface area (Å²) in [5, 5.41) is 1.88. The normalized spacial score (nSPS) is 12.0. The van der Waals surface area contributed by atoms with Gasteiger partial charge in [0.15, 0.2) is 4.80 Å². The van der Waals surface area contributed by atoms with Crippen molar-refractivity contribution in [2.24, 2.45) is 12.0 Å². The highest BCUT2D eigenvalue weighted by atomic mass is 32.1. The van der Waals surface area contributed by atoms with Crippen molar-refractivity contribution in [2.75, 3.05) is 7.11 Å². The van der Waals surface area contributed by atoms with Crippen LogP contribution in [0.4, 0.5) is 0 Å². The first-order chi connectivity index (χ1) is 9.20. The topological polar surface area (TPSA) is 43.6 Å². The average molecular weight is 274 g/mol. The van der Waals surface area contributed by atoms with Gasteiger partial charge in [-0.25, -0.2) is 0 Å². The number of carbonyl (C=O) groups excluding carboxylic acids is 1. The highest BCUT2D eigenvalue weighted by molar-refractivity contribution is 7.07. The van der Waals surface area contributed by atoms with Crippen molar-refractivity contribution in [3.8, 4) is 5.75 Å². The molecule has 1 aromatic carbocycles. The molecule has 0 aliphatic rings. The molecule has 0 bridgehead atoms. The number of benzene rings is 1. The van der Waals surface area contributed by atoms with E-state index in [4.69, 9.17) is 4.74 Å². The molecule has 0 spiro atoms. The number of rotatable bonds is 3. The lowest BCUT2D eigenvalue weighted by Crippen LogP contribution is -2.11. The summed E-state index contributed by atoms with van der Waals surface area (Å²) in [5.41, 5.74) is 0.851. The third-order valence-electron chi connectivity index (χ3n) is 2.51. The monoisotopic (exact) mass is 274 g/mol. The highest BCUT2D eigenvalue weighted by Crippen LogP contribution is 2.18. The lowest BCUT2D eigenvalue weighted by Gasteiger charge is -2.02. The van der Waals surface area contributed by atoms with Crippen molar-refractivity contribution in [3.63, 3.8) is 0 Å². The standard InChI is InChI=1S/C14H14N2O2S/c1-16-9-10-19-14(16)15-13(17)8-7-11-5-3-4-6-12(11)18-2/h3-10H,1-2H3/b8-7+,15-14?. The molecule has 0 aliphatic heterocycles. The summed E-state index contributed by atoms with van der Waals surface area (Å²) in [7, 11) is 3.46. The molecule has 0 saturated heterocycles. The van der Waals surface area contributed by atoms with Crippen molar-refractivity contribution in [1.82, 2.24) is 4.57 Å². The summed E-state index contributed by atoms with van der Waals surface area (Å²) < 4.78 is 7.01. The van der Waals surface area contributed by atoms with Crippen LogP contribution in [-0.4, -0.2) is 17.6 Å². The SMILES string of the molecule is COc1ccccc1/C=C/C(=O)N=c1sccn1C. The second-order valence-corrected chi connectivity index (χ2v) is 4.69. The number of carbonyl (C=O) groups is 1. The first-order valence-electron chi connectivity index (χ1n) is 5.70. The predicted octanol–water partition coefficient (Wildman–Crippen LogP) is 2.24. The zero-order chi connectivity index (χ0) is 13.7. The minimum atomic E-state index is -0.288. The van der Waals surface area contributed by atoms with Gasteiger partial charge >= 0.3 is 0 Å². The number of ether oxygens (including phenoxy) is 1. The highest BCUT2D eigenvalue weighted by Gasteiger charge is 1.99. The van der Waals surface area contributed by atoms with Crippen LogP contribution >= 0.6 is 11.3 Å². The van der Waals surface area contributed by atoms with Crippen LogP contribution in [0.15, 0.2) is 46.9 Å².